The number of aliphatic imine (C=N–C) groups is 1. The fourth-order valence-corrected chi connectivity index (χ4v) is 3.91. The summed E-state index contributed by atoms with van der Waals surface area (Å²) >= 11 is 0. The van der Waals surface area contributed by atoms with E-state index in [2.05, 4.69) is 20.6 Å². The molecule has 2 aliphatic carbocycles. The van der Waals surface area contributed by atoms with Crippen LogP contribution in [0.4, 0.5) is 10.2 Å². The maximum absolute atomic E-state index is 13.9. The Balaban J connectivity index is 0.00000182. The molecule has 0 aromatic carbocycles. The van der Waals surface area contributed by atoms with Crippen molar-refractivity contribution in [3.8, 4) is 0 Å². The lowest BCUT2D eigenvalue weighted by molar-refractivity contribution is 0.430. The molecule has 4 rings (SSSR count). The number of hydrogen-bond acceptors (Lipinski definition) is 3. The monoisotopic (exact) mass is 459 g/mol. The highest BCUT2D eigenvalue weighted by Gasteiger charge is 2.53. The molecule has 25 heavy (non-hydrogen) atoms. The molecular formula is C18H27FIN5. The van der Waals surface area contributed by atoms with Gasteiger partial charge in [0.25, 0.3) is 0 Å². The number of nitrogens with one attached hydrogen (secondary N) is 2. The van der Waals surface area contributed by atoms with E-state index in [0.29, 0.717) is 11.2 Å². The Morgan fingerprint density at radius 3 is 2.84 bits per heavy atom. The van der Waals surface area contributed by atoms with Crippen LogP contribution < -0.4 is 15.5 Å². The predicted octanol–water partition coefficient (Wildman–Crippen LogP) is 2.77. The summed E-state index contributed by atoms with van der Waals surface area (Å²) < 4.78 is 13.9. The van der Waals surface area contributed by atoms with E-state index in [-0.39, 0.29) is 35.8 Å². The first-order valence-corrected chi connectivity index (χ1v) is 9.03. The first kappa shape index (κ1) is 18.7. The van der Waals surface area contributed by atoms with E-state index in [1.165, 1.54) is 31.7 Å². The van der Waals surface area contributed by atoms with Crippen molar-refractivity contribution in [3.05, 3.63) is 24.1 Å². The summed E-state index contributed by atoms with van der Waals surface area (Å²) in [6, 6.07) is 3.37. The molecular weight excluding hydrogens is 432 g/mol. The van der Waals surface area contributed by atoms with Crippen LogP contribution in [0.1, 0.15) is 32.1 Å². The average Bonchev–Trinajstić information content (AvgIpc) is 3.50. The van der Waals surface area contributed by atoms with Crippen LogP contribution in [0.25, 0.3) is 0 Å². The zero-order chi connectivity index (χ0) is 16.6. The van der Waals surface area contributed by atoms with Crippen molar-refractivity contribution in [3.63, 3.8) is 0 Å². The number of nitrogens with zero attached hydrogens (tertiary/aromatic N) is 3. The van der Waals surface area contributed by atoms with Gasteiger partial charge >= 0.3 is 0 Å². The van der Waals surface area contributed by atoms with Gasteiger partial charge in [0.15, 0.2) is 17.6 Å². The molecule has 3 aliphatic rings. The fraction of sp³-hybridized carbons (Fsp3) is 0.667. The standard InChI is InChI=1S/C18H26FN5.HI/c1-20-17(22-12-18(7-8-18)13-4-5-13)23-14-6-10-24(11-14)16-15(19)3-2-9-21-16;/h2-3,9,13-14H,4-8,10-12H2,1H3,(H2,20,22,23);1H. The third kappa shape index (κ3) is 4.17. The van der Waals surface area contributed by atoms with Gasteiger partial charge in [0.2, 0.25) is 0 Å². The van der Waals surface area contributed by atoms with Gasteiger partial charge in [0.1, 0.15) is 0 Å². The van der Waals surface area contributed by atoms with Gasteiger partial charge in [-0.3, -0.25) is 4.99 Å². The molecule has 1 aromatic heterocycles. The second kappa shape index (κ2) is 7.63. The minimum Gasteiger partial charge on any atom is -0.356 e. The maximum atomic E-state index is 13.9. The van der Waals surface area contributed by atoms with Crippen molar-refractivity contribution in [1.29, 1.82) is 0 Å². The van der Waals surface area contributed by atoms with E-state index in [4.69, 9.17) is 0 Å². The number of hydrogen-bond donors (Lipinski definition) is 2. The van der Waals surface area contributed by atoms with Crippen molar-refractivity contribution >= 4 is 35.8 Å². The molecule has 2 heterocycles. The Morgan fingerprint density at radius 1 is 1.40 bits per heavy atom. The molecule has 1 atom stereocenters. The smallest absolute Gasteiger partial charge is 0.191 e. The number of rotatable bonds is 5. The summed E-state index contributed by atoms with van der Waals surface area (Å²) in [6.07, 6.45) is 8.13. The minimum absolute atomic E-state index is 0. The van der Waals surface area contributed by atoms with Crippen LogP contribution in [0.5, 0.6) is 0 Å². The Kier molecular flexibility index (Phi) is 5.70. The van der Waals surface area contributed by atoms with Gasteiger partial charge in [-0.1, -0.05) is 0 Å². The molecule has 0 spiro atoms. The SMILES string of the molecule is CN=C(NCC1(C2CC2)CC1)NC1CCN(c2ncccc2F)C1.I. The summed E-state index contributed by atoms with van der Waals surface area (Å²) in [5, 5.41) is 7.01. The largest absolute Gasteiger partial charge is 0.356 e. The predicted molar refractivity (Wildman–Crippen MR) is 109 cm³/mol. The molecule has 1 unspecified atom stereocenters. The Bertz CT molecular complexity index is 630. The summed E-state index contributed by atoms with van der Waals surface area (Å²) in [6.45, 7) is 2.60. The minimum atomic E-state index is -0.249. The average molecular weight is 459 g/mol. The summed E-state index contributed by atoms with van der Waals surface area (Å²) in [4.78, 5) is 10.5. The van der Waals surface area contributed by atoms with Crippen molar-refractivity contribution in [2.45, 2.75) is 38.1 Å². The lowest BCUT2D eigenvalue weighted by Gasteiger charge is -2.21. The van der Waals surface area contributed by atoms with Crippen LogP contribution in [-0.4, -0.2) is 43.7 Å². The van der Waals surface area contributed by atoms with Gasteiger partial charge in [-0.05, 0) is 55.6 Å². The first-order valence-electron chi connectivity index (χ1n) is 9.03. The van der Waals surface area contributed by atoms with Gasteiger partial charge in [-0.25, -0.2) is 9.37 Å². The first-order chi connectivity index (χ1) is 11.7. The van der Waals surface area contributed by atoms with Crippen LogP contribution >= 0.6 is 24.0 Å². The number of guanidine groups is 1. The molecule has 0 bridgehead atoms. The van der Waals surface area contributed by atoms with Crippen molar-refractivity contribution in [2.75, 3.05) is 31.6 Å². The van der Waals surface area contributed by atoms with Crippen molar-refractivity contribution in [1.82, 2.24) is 15.6 Å². The van der Waals surface area contributed by atoms with E-state index in [1.54, 1.807) is 12.3 Å². The quantitative estimate of drug-likeness (QED) is 0.404. The molecule has 5 nitrogen and oxygen atoms in total. The molecule has 1 aliphatic heterocycles. The molecule has 0 radical (unpaired) electrons. The van der Waals surface area contributed by atoms with Crippen LogP contribution in [0.3, 0.4) is 0 Å². The van der Waals surface area contributed by atoms with E-state index in [1.807, 2.05) is 11.9 Å². The molecule has 138 valence electrons. The molecule has 2 saturated carbocycles. The van der Waals surface area contributed by atoms with Gasteiger partial charge < -0.3 is 15.5 Å². The van der Waals surface area contributed by atoms with Crippen LogP contribution in [0.2, 0.25) is 0 Å². The highest BCUT2D eigenvalue weighted by Crippen LogP contribution is 2.60. The van der Waals surface area contributed by atoms with Crippen LogP contribution in [-0.2, 0) is 0 Å². The van der Waals surface area contributed by atoms with E-state index in [9.17, 15) is 4.39 Å². The van der Waals surface area contributed by atoms with Gasteiger partial charge in [0.05, 0.1) is 0 Å². The number of aromatic nitrogens is 1. The normalized spacial score (nSPS) is 24.6. The van der Waals surface area contributed by atoms with Gasteiger partial charge in [-0.2, -0.15) is 0 Å². The summed E-state index contributed by atoms with van der Waals surface area (Å²) in [7, 11) is 1.82. The number of halogens is 2. The molecule has 0 amide bonds. The summed E-state index contributed by atoms with van der Waals surface area (Å²) in [5.41, 5.74) is 0.552. The molecule has 1 aromatic rings. The van der Waals surface area contributed by atoms with Crippen LogP contribution in [0.15, 0.2) is 23.3 Å². The topological polar surface area (TPSA) is 52.6 Å². The second-order valence-corrected chi connectivity index (χ2v) is 7.45. The Hall–Kier alpha value is -1.12. The third-order valence-electron chi connectivity index (χ3n) is 5.73. The van der Waals surface area contributed by atoms with Crippen molar-refractivity contribution < 1.29 is 4.39 Å². The van der Waals surface area contributed by atoms with Crippen LogP contribution in [0, 0.1) is 17.2 Å². The lowest BCUT2D eigenvalue weighted by atomic mass is 10.0. The molecule has 3 fully saturated rings. The maximum Gasteiger partial charge on any atom is 0.191 e. The fourth-order valence-electron chi connectivity index (χ4n) is 3.91. The van der Waals surface area contributed by atoms with E-state index >= 15 is 0 Å². The highest BCUT2D eigenvalue weighted by atomic mass is 127. The molecule has 1 saturated heterocycles. The molecule has 7 heteroatoms. The van der Waals surface area contributed by atoms with Crippen molar-refractivity contribution in [2.24, 2.45) is 16.3 Å². The highest BCUT2D eigenvalue weighted by molar-refractivity contribution is 14.0. The number of pyridine rings is 1. The summed E-state index contributed by atoms with van der Waals surface area (Å²) in [5.74, 6) is 2.02. The zero-order valence-corrected chi connectivity index (χ0v) is 17.0. The second-order valence-electron chi connectivity index (χ2n) is 7.45. The van der Waals surface area contributed by atoms with E-state index in [0.717, 1.165) is 37.9 Å². The Morgan fingerprint density at radius 2 is 2.20 bits per heavy atom. The van der Waals surface area contributed by atoms with Gasteiger partial charge in [0, 0.05) is 38.9 Å². The number of anilines is 1. The van der Waals surface area contributed by atoms with E-state index < -0.39 is 0 Å². The third-order valence-corrected chi connectivity index (χ3v) is 5.73. The molecule has 2 N–H and O–H groups in total. The Labute approximate surface area is 165 Å². The lowest BCUT2D eigenvalue weighted by Crippen LogP contribution is -2.46. The van der Waals surface area contributed by atoms with Gasteiger partial charge in [-0.15, -0.1) is 24.0 Å². The zero-order valence-electron chi connectivity index (χ0n) is 14.7.